The van der Waals surface area contributed by atoms with Crippen molar-refractivity contribution in [3.63, 3.8) is 0 Å². The molecule has 6 nitrogen and oxygen atoms in total. The van der Waals surface area contributed by atoms with Gasteiger partial charge in [-0.05, 0) is 19.8 Å². The van der Waals surface area contributed by atoms with Crippen molar-refractivity contribution in [2.24, 2.45) is 0 Å². The first-order chi connectivity index (χ1) is 8.28. The van der Waals surface area contributed by atoms with Crippen LogP contribution in [0.5, 0.6) is 0 Å². The number of hydrogen-bond donors (Lipinski definition) is 1. The third kappa shape index (κ3) is 3.76. The van der Waals surface area contributed by atoms with E-state index in [2.05, 4.69) is 15.0 Å². The second-order valence-corrected chi connectivity index (χ2v) is 4.31. The van der Waals surface area contributed by atoms with E-state index in [1.807, 2.05) is 6.92 Å². The summed E-state index contributed by atoms with van der Waals surface area (Å²) >= 11 is 0. The lowest BCUT2D eigenvalue weighted by Crippen LogP contribution is -2.37. The smallest absolute Gasteiger partial charge is 0.240 e. The number of aliphatic hydroxyl groups excluding tert-OH is 1. The van der Waals surface area contributed by atoms with Crippen molar-refractivity contribution in [1.82, 2.24) is 15.0 Å². The maximum Gasteiger partial charge on any atom is 0.240 e. The number of piperidine rings is 1. The Morgan fingerprint density at radius 1 is 1.47 bits per heavy atom. The fourth-order valence-corrected chi connectivity index (χ4v) is 2.05. The fourth-order valence-electron chi connectivity index (χ4n) is 2.05. The van der Waals surface area contributed by atoms with Crippen LogP contribution in [-0.4, -0.2) is 52.6 Å². The van der Waals surface area contributed by atoms with Gasteiger partial charge in [-0.2, -0.15) is 4.98 Å². The first kappa shape index (κ1) is 12.5. The minimum atomic E-state index is 0.0987. The van der Waals surface area contributed by atoms with Gasteiger partial charge >= 0.3 is 0 Å². The summed E-state index contributed by atoms with van der Waals surface area (Å²) in [5, 5.41) is 12.5. The highest BCUT2D eigenvalue weighted by Gasteiger charge is 2.20. The van der Waals surface area contributed by atoms with Crippen LogP contribution in [0.1, 0.15) is 24.6 Å². The molecule has 0 spiro atoms. The first-order valence-corrected chi connectivity index (χ1v) is 6.02. The van der Waals surface area contributed by atoms with Crippen molar-refractivity contribution in [3.8, 4) is 0 Å². The lowest BCUT2D eigenvalue weighted by Gasteiger charge is -2.30. The van der Waals surface area contributed by atoms with Gasteiger partial charge in [0.1, 0.15) is 0 Å². The van der Waals surface area contributed by atoms with Gasteiger partial charge in [-0.25, -0.2) is 0 Å². The molecule has 0 aromatic carbocycles. The Morgan fingerprint density at radius 3 is 2.82 bits per heavy atom. The van der Waals surface area contributed by atoms with E-state index in [0.717, 1.165) is 25.9 Å². The first-order valence-electron chi connectivity index (χ1n) is 6.02. The zero-order chi connectivity index (χ0) is 12.1. The molecule has 0 radical (unpaired) electrons. The molecule has 0 saturated carbocycles. The Balaban J connectivity index is 1.72. The Morgan fingerprint density at radius 2 is 2.24 bits per heavy atom. The zero-order valence-corrected chi connectivity index (χ0v) is 10.1. The maximum atomic E-state index is 8.68. The summed E-state index contributed by atoms with van der Waals surface area (Å²) in [5.41, 5.74) is 0. The van der Waals surface area contributed by atoms with Crippen LogP contribution in [-0.2, 0) is 11.3 Å². The molecule has 2 heterocycles. The summed E-state index contributed by atoms with van der Waals surface area (Å²) in [7, 11) is 0. The van der Waals surface area contributed by atoms with E-state index in [1.54, 1.807) is 0 Å². The maximum absolute atomic E-state index is 8.68. The third-order valence-corrected chi connectivity index (χ3v) is 2.91. The van der Waals surface area contributed by atoms with Crippen molar-refractivity contribution in [2.75, 3.05) is 26.3 Å². The topological polar surface area (TPSA) is 71.6 Å². The summed E-state index contributed by atoms with van der Waals surface area (Å²) in [6.45, 7) is 5.01. The van der Waals surface area contributed by atoms with Gasteiger partial charge in [0, 0.05) is 13.1 Å². The van der Waals surface area contributed by atoms with Crippen LogP contribution in [0.25, 0.3) is 0 Å². The number of aromatic nitrogens is 2. The molecule has 0 bridgehead atoms. The average Bonchev–Trinajstić information content (AvgIpc) is 2.74. The largest absolute Gasteiger partial charge is 0.394 e. The molecule has 2 rings (SSSR count). The van der Waals surface area contributed by atoms with E-state index in [9.17, 15) is 0 Å². The standard InChI is InChI=1S/C11H19N3O3/c1-9-12-11(17-13-9)8-14-4-2-10(3-5-14)16-7-6-15/h10,15H,2-8H2,1H3. The zero-order valence-electron chi connectivity index (χ0n) is 10.1. The third-order valence-electron chi connectivity index (χ3n) is 2.91. The second kappa shape index (κ2) is 6.09. The van der Waals surface area contributed by atoms with Crippen molar-refractivity contribution in [2.45, 2.75) is 32.4 Å². The number of rotatable bonds is 5. The summed E-state index contributed by atoms with van der Waals surface area (Å²) in [6, 6.07) is 0. The Bertz CT molecular complexity index is 334. The van der Waals surface area contributed by atoms with Gasteiger partial charge in [0.15, 0.2) is 5.82 Å². The predicted octanol–water partition coefficient (Wildman–Crippen LogP) is 0.351. The van der Waals surface area contributed by atoms with Gasteiger partial charge in [-0.1, -0.05) is 5.16 Å². The van der Waals surface area contributed by atoms with Crippen LogP contribution in [0.15, 0.2) is 4.52 Å². The van der Waals surface area contributed by atoms with Crippen molar-refractivity contribution in [3.05, 3.63) is 11.7 Å². The Kier molecular flexibility index (Phi) is 4.47. The number of hydrogen-bond acceptors (Lipinski definition) is 6. The van der Waals surface area contributed by atoms with Crippen molar-refractivity contribution in [1.29, 1.82) is 0 Å². The van der Waals surface area contributed by atoms with E-state index in [4.69, 9.17) is 14.4 Å². The van der Waals surface area contributed by atoms with E-state index < -0.39 is 0 Å². The molecule has 1 aliphatic heterocycles. The number of ether oxygens (including phenoxy) is 1. The van der Waals surface area contributed by atoms with Crippen LogP contribution in [0.4, 0.5) is 0 Å². The molecule has 1 aliphatic rings. The quantitative estimate of drug-likeness (QED) is 0.802. The lowest BCUT2D eigenvalue weighted by atomic mass is 10.1. The molecule has 0 unspecified atom stereocenters. The highest BCUT2D eigenvalue weighted by molar-refractivity contribution is 4.84. The van der Waals surface area contributed by atoms with E-state index in [1.165, 1.54) is 0 Å². The highest BCUT2D eigenvalue weighted by Crippen LogP contribution is 2.15. The molecule has 0 atom stereocenters. The summed E-state index contributed by atoms with van der Waals surface area (Å²) < 4.78 is 10.6. The number of aryl methyl sites for hydroxylation is 1. The van der Waals surface area contributed by atoms with Crippen LogP contribution < -0.4 is 0 Å². The molecule has 96 valence electrons. The number of nitrogens with zero attached hydrogens (tertiary/aromatic N) is 3. The highest BCUT2D eigenvalue weighted by atomic mass is 16.5. The van der Waals surface area contributed by atoms with E-state index in [-0.39, 0.29) is 12.7 Å². The van der Waals surface area contributed by atoms with E-state index in [0.29, 0.717) is 24.9 Å². The van der Waals surface area contributed by atoms with Crippen molar-refractivity contribution >= 4 is 0 Å². The Labute approximate surface area is 101 Å². The normalized spacial score (nSPS) is 18.7. The van der Waals surface area contributed by atoms with Crippen LogP contribution in [0, 0.1) is 6.92 Å². The average molecular weight is 241 g/mol. The van der Waals surface area contributed by atoms with Crippen LogP contribution in [0.3, 0.4) is 0 Å². The van der Waals surface area contributed by atoms with Gasteiger partial charge < -0.3 is 14.4 Å². The van der Waals surface area contributed by atoms with Crippen LogP contribution >= 0.6 is 0 Å². The molecule has 1 N–H and O–H groups in total. The molecule has 1 aromatic rings. The molecular weight excluding hydrogens is 222 g/mol. The lowest BCUT2D eigenvalue weighted by molar-refractivity contribution is -0.0104. The number of likely N-dealkylation sites (tertiary alicyclic amines) is 1. The minimum absolute atomic E-state index is 0.0987. The number of aliphatic hydroxyl groups is 1. The molecular formula is C11H19N3O3. The van der Waals surface area contributed by atoms with Crippen molar-refractivity contribution < 1.29 is 14.4 Å². The Hall–Kier alpha value is -0.980. The van der Waals surface area contributed by atoms with E-state index >= 15 is 0 Å². The fraction of sp³-hybridized carbons (Fsp3) is 0.818. The summed E-state index contributed by atoms with van der Waals surface area (Å²) in [4.78, 5) is 6.47. The van der Waals surface area contributed by atoms with Crippen LogP contribution in [0.2, 0.25) is 0 Å². The van der Waals surface area contributed by atoms with Gasteiger partial charge in [0.05, 0.1) is 25.9 Å². The molecule has 1 fully saturated rings. The predicted molar refractivity (Wildman–Crippen MR) is 60.4 cm³/mol. The monoisotopic (exact) mass is 241 g/mol. The minimum Gasteiger partial charge on any atom is -0.394 e. The molecule has 1 saturated heterocycles. The van der Waals surface area contributed by atoms with Gasteiger partial charge in [-0.3, -0.25) is 4.90 Å². The molecule has 17 heavy (non-hydrogen) atoms. The SMILES string of the molecule is Cc1noc(CN2CCC(OCCO)CC2)n1. The van der Waals surface area contributed by atoms with Gasteiger partial charge in [0.2, 0.25) is 5.89 Å². The molecule has 6 heteroatoms. The second-order valence-electron chi connectivity index (χ2n) is 4.31. The summed E-state index contributed by atoms with van der Waals surface area (Å²) in [5.74, 6) is 1.36. The molecule has 0 amide bonds. The molecule has 0 aliphatic carbocycles. The van der Waals surface area contributed by atoms with Gasteiger partial charge in [0.25, 0.3) is 0 Å². The van der Waals surface area contributed by atoms with Gasteiger partial charge in [-0.15, -0.1) is 0 Å². The molecule has 1 aromatic heterocycles. The summed E-state index contributed by atoms with van der Waals surface area (Å²) in [6.07, 6.45) is 2.27.